The molecule has 1 amide bonds. The number of aromatic nitrogens is 2. The fraction of sp³-hybridized carbons (Fsp3) is 0.238. The average molecular weight is 404 g/mol. The van der Waals surface area contributed by atoms with Crippen LogP contribution in [0.4, 0.5) is 8.78 Å². The van der Waals surface area contributed by atoms with Crippen LogP contribution in [0.2, 0.25) is 0 Å². The van der Waals surface area contributed by atoms with E-state index in [0.717, 1.165) is 0 Å². The Hall–Kier alpha value is -2.73. The van der Waals surface area contributed by atoms with Gasteiger partial charge in [0.1, 0.15) is 11.6 Å². The number of carbonyl (C=O) groups excluding carboxylic acids is 1. The Morgan fingerprint density at radius 3 is 2.71 bits per heavy atom. The summed E-state index contributed by atoms with van der Waals surface area (Å²) in [7, 11) is 0. The zero-order valence-corrected chi connectivity index (χ0v) is 16.2. The Labute approximate surface area is 166 Å². The lowest BCUT2D eigenvalue weighted by molar-refractivity contribution is 0.0927. The normalized spacial score (nSPS) is 12.8. The number of fused-ring (bicyclic) bond motifs is 1. The van der Waals surface area contributed by atoms with Crippen LogP contribution in [-0.4, -0.2) is 28.0 Å². The Morgan fingerprint density at radius 1 is 1.25 bits per heavy atom. The third-order valence-electron chi connectivity index (χ3n) is 4.49. The minimum atomic E-state index is -0.647. The van der Waals surface area contributed by atoms with E-state index in [4.69, 9.17) is 11.6 Å². The summed E-state index contributed by atoms with van der Waals surface area (Å²) in [5, 5.41) is 10.3. The Morgan fingerprint density at radius 2 is 2.04 bits per heavy atom. The van der Waals surface area contributed by atoms with E-state index in [0.29, 0.717) is 22.2 Å². The van der Waals surface area contributed by atoms with Crippen LogP contribution in [0.5, 0.6) is 0 Å². The molecule has 146 valence electrons. The smallest absolute Gasteiger partial charge is 0.254 e. The lowest BCUT2D eigenvalue weighted by Gasteiger charge is -2.19. The molecule has 2 aromatic carbocycles. The van der Waals surface area contributed by atoms with E-state index < -0.39 is 11.7 Å². The quantitative estimate of drug-likeness (QED) is 0.569. The average Bonchev–Trinajstić information content (AvgIpc) is 3.05. The van der Waals surface area contributed by atoms with Gasteiger partial charge in [0, 0.05) is 23.4 Å². The van der Waals surface area contributed by atoms with Crippen molar-refractivity contribution in [2.24, 2.45) is 5.92 Å². The fourth-order valence-electron chi connectivity index (χ4n) is 2.77. The molecule has 7 heteroatoms. The minimum Gasteiger partial charge on any atom is -0.348 e. The van der Waals surface area contributed by atoms with Crippen molar-refractivity contribution in [2.75, 3.05) is 5.88 Å². The molecular weight excluding hydrogens is 384 g/mol. The van der Waals surface area contributed by atoms with Gasteiger partial charge in [0.2, 0.25) is 0 Å². The molecular formula is C21H20ClF2N3O. The van der Waals surface area contributed by atoms with Gasteiger partial charge in [0.05, 0.1) is 16.8 Å². The van der Waals surface area contributed by atoms with Crippen molar-refractivity contribution in [3.63, 3.8) is 0 Å². The molecule has 0 unspecified atom stereocenters. The van der Waals surface area contributed by atoms with E-state index in [2.05, 4.69) is 15.5 Å². The molecule has 1 heterocycles. The lowest BCUT2D eigenvalue weighted by Crippen LogP contribution is -2.40. The van der Waals surface area contributed by atoms with Crippen LogP contribution in [0.25, 0.3) is 23.1 Å². The molecule has 1 atom stereocenters. The van der Waals surface area contributed by atoms with Gasteiger partial charge in [-0.3, -0.25) is 9.89 Å². The zero-order chi connectivity index (χ0) is 20.3. The van der Waals surface area contributed by atoms with Crippen LogP contribution in [0.3, 0.4) is 0 Å². The molecule has 0 fully saturated rings. The SMILES string of the molecule is CC(C)[C@@H](CCl)NC(=O)c1cc2c(C=Cc3cccc(F)c3)n[nH]c2cc1F. The highest BCUT2D eigenvalue weighted by Gasteiger charge is 2.20. The number of carbonyl (C=O) groups is 1. The van der Waals surface area contributed by atoms with Gasteiger partial charge < -0.3 is 5.32 Å². The topological polar surface area (TPSA) is 57.8 Å². The second-order valence-corrected chi connectivity index (χ2v) is 7.16. The van der Waals surface area contributed by atoms with Crippen LogP contribution < -0.4 is 5.32 Å². The predicted octanol–water partition coefficient (Wildman–Crippen LogP) is 5.00. The lowest BCUT2D eigenvalue weighted by atomic mass is 10.0. The van der Waals surface area contributed by atoms with Crippen molar-refractivity contribution < 1.29 is 13.6 Å². The minimum absolute atomic E-state index is 0.0786. The monoisotopic (exact) mass is 403 g/mol. The first-order valence-corrected chi connectivity index (χ1v) is 9.40. The van der Waals surface area contributed by atoms with Gasteiger partial charge in [-0.1, -0.05) is 32.1 Å². The molecule has 0 aliphatic heterocycles. The highest BCUT2D eigenvalue weighted by Crippen LogP contribution is 2.23. The Balaban J connectivity index is 1.93. The summed E-state index contributed by atoms with van der Waals surface area (Å²) < 4.78 is 27.7. The predicted molar refractivity (Wildman–Crippen MR) is 108 cm³/mol. The Bertz CT molecular complexity index is 1030. The van der Waals surface area contributed by atoms with Crippen LogP contribution in [0, 0.1) is 17.6 Å². The van der Waals surface area contributed by atoms with Gasteiger partial charge in [0.15, 0.2) is 0 Å². The van der Waals surface area contributed by atoms with Crippen LogP contribution >= 0.6 is 11.6 Å². The third kappa shape index (κ3) is 4.39. The molecule has 0 bridgehead atoms. The first-order valence-electron chi connectivity index (χ1n) is 8.87. The molecule has 0 saturated carbocycles. The maximum Gasteiger partial charge on any atom is 0.254 e. The van der Waals surface area contributed by atoms with Crippen LogP contribution in [0.1, 0.15) is 35.5 Å². The maximum absolute atomic E-state index is 14.4. The van der Waals surface area contributed by atoms with Crippen molar-refractivity contribution in [1.82, 2.24) is 15.5 Å². The Kier molecular flexibility index (Phi) is 6.09. The van der Waals surface area contributed by atoms with Crippen molar-refractivity contribution in [2.45, 2.75) is 19.9 Å². The number of nitrogens with zero attached hydrogens (tertiary/aromatic N) is 1. The van der Waals surface area contributed by atoms with E-state index in [1.807, 2.05) is 13.8 Å². The molecule has 0 radical (unpaired) electrons. The second kappa shape index (κ2) is 8.52. The number of hydrogen-bond acceptors (Lipinski definition) is 2. The summed E-state index contributed by atoms with van der Waals surface area (Å²) in [4.78, 5) is 12.5. The molecule has 28 heavy (non-hydrogen) atoms. The second-order valence-electron chi connectivity index (χ2n) is 6.85. The summed E-state index contributed by atoms with van der Waals surface area (Å²) in [6.45, 7) is 3.86. The largest absolute Gasteiger partial charge is 0.348 e. The van der Waals surface area contributed by atoms with Crippen LogP contribution in [-0.2, 0) is 0 Å². The number of hydrogen-bond donors (Lipinski definition) is 2. The molecule has 0 aliphatic rings. The molecule has 1 aromatic heterocycles. The molecule has 4 nitrogen and oxygen atoms in total. The van der Waals surface area contributed by atoms with Crippen molar-refractivity contribution in [3.8, 4) is 0 Å². The third-order valence-corrected chi connectivity index (χ3v) is 4.83. The molecule has 3 aromatic rings. The first-order chi connectivity index (χ1) is 13.4. The number of aromatic amines is 1. The van der Waals surface area contributed by atoms with Gasteiger partial charge in [-0.15, -0.1) is 11.6 Å². The number of halogens is 3. The first kappa shape index (κ1) is 20.0. The maximum atomic E-state index is 14.4. The number of alkyl halides is 1. The fourth-order valence-corrected chi connectivity index (χ4v) is 3.21. The van der Waals surface area contributed by atoms with Crippen molar-refractivity contribution in [1.29, 1.82) is 0 Å². The van der Waals surface area contributed by atoms with Gasteiger partial charge in [-0.2, -0.15) is 5.10 Å². The van der Waals surface area contributed by atoms with E-state index in [1.165, 1.54) is 24.3 Å². The van der Waals surface area contributed by atoms with E-state index >= 15 is 0 Å². The number of nitrogens with one attached hydrogen (secondary N) is 2. The summed E-state index contributed by atoms with van der Waals surface area (Å²) in [6.07, 6.45) is 3.38. The van der Waals surface area contributed by atoms with Gasteiger partial charge in [0.25, 0.3) is 5.91 Å². The number of rotatable bonds is 6. The summed E-state index contributed by atoms with van der Waals surface area (Å²) in [5.41, 5.74) is 1.57. The zero-order valence-electron chi connectivity index (χ0n) is 15.5. The van der Waals surface area contributed by atoms with Gasteiger partial charge in [-0.05, 0) is 35.8 Å². The summed E-state index contributed by atoms with van der Waals surface area (Å²) in [5.74, 6) is -1.16. The molecule has 0 spiro atoms. The van der Waals surface area contributed by atoms with E-state index in [-0.39, 0.29) is 29.2 Å². The summed E-state index contributed by atoms with van der Waals surface area (Å²) >= 11 is 5.89. The van der Waals surface area contributed by atoms with Gasteiger partial charge >= 0.3 is 0 Å². The molecule has 3 rings (SSSR count). The van der Waals surface area contributed by atoms with Gasteiger partial charge in [-0.25, -0.2) is 8.78 Å². The van der Waals surface area contributed by atoms with Crippen molar-refractivity contribution in [3.05, 3.63) is 64.9 Å². The molecule has 2 N–H and O–H groups in total. The van der Waals surface area contributed by atoms with Crippen LogP contribution in [0.15, 0.2) is 36.4 Å². The number of benzene rings is 2. The highest BCUT2D eigenvalue weighted by atomic mass is 35.5. The van der Waals surface area contributed by atoms with E-state index in [9.17, 15) is 13.6 Å². The van der Waals surface area contributed by atoms with Crippen molar-refractivity contribution >= 4 is 40.6 Å². The number of amides is 1. The summed E-state index contributed by atoms with van der Waals surface area (Å²) in [6, 6.07) is 8.55. The van der Waals surface area contributed by atoms with E-state index in [1.54, 1.807) is 24.3 Å². The molecule has 0 saturated heterocycles. The standard InChI is InChI=1S/C21H20ClF2N3O/c1-12(2)20(11-22)25-21(28)15-9-16-18(26-27-19(16)10-17(15)24)7-6-13-4-3-5-14(23)8-13/h3-10,12,20H,11H2,1-2H3,(H,25,28)(H,26,27)/t20-/m1/s1. The number of H-pyrrole nitrogens is 1. The highest BCUT2D eigenvalue weighted by molar-refractivity contribution is 6.18. The molecule has 0 aliphatic carbocycles.